The molecule has 1 fully saturated rings. The van der Waals surface area contributed by atoms with Crippen LogP contribution in [-0.4, -0.2) is 4.98 Å². The van der Waals surface area contributed by atoms with Gasteiger partial charge in [-0.3, -0.25) is 4.98 Å². The van der Waals surface area contributed by atoms with Crippen LogP contribution in [0.5, 0.6) is 0 Å². The minimum Gasteiger partial charge on any atom is -0.252 e. The third kappa shape index (κ3) is 2.67. The number of benzene rings is 2. The fourth-order valence-electron chi connectivity index (χ4n) is 3.24. The average molecular weight is 370 g/mol. The molecule has 0 spiro atoms. The van der Waals surface area contributed by atoms with Gasteiger partial charge in [-0.15, -0.1) is 0 Å². The predicted octanol–water partition coefficient (Wildman–Crippen LogP) is 6.37. The van der Waals surface area contributed by atoms with E-state index >= 15 is 0 Å². The third-order valence-electron chi connectivity index (χ3n) is 4.45. The monoisotopic (exact) mass is 369 g/mol. The highest BCUT2D eigenvalue weighted by atomic mass is 79.9. The van der Waals surface area contributed by atoms with Crippen LogP contribution in [0, 0.1) is 5.82 Å². The molecule has 3 aromatic rings. The van der Waals surface area contributed by atoms with E-state index in [2.05, 4.69) is 35.0 Å². The van der Waals surface area contributed by atoms with Gasteiger partial charge in [-0.05, 0) is 54.7 Å². The van der Waals surface area contributed by atoms with E-state index in [0.717, 1.165) is 16.5 Å². The smallest absolute Gasteiger partial charge is 0.123 e. The molecule has 0 N–H and O–H groups in total. The van der Waals surface area contributed by atoms with E-state index in [1.54, 1.807) is 0 Å². The quantitative estimate of drug-likeness (QED) is 0.488. The fraction of sp³-hybridized carbons (Fsp3) is 0.250. The number of para-hydroxylation sites is 1. The summed E-state index contributed by atoms with van der Waals surface area (Å²) in [5, 5.41) is 1.13. The SMILES string of the molecule is CC(Br)c1c(C2CC2)nc2ccccc2c1-c1ccc(F)cc1. The van der Waals surface area contributed by atoms with Crippen molar-refractivity contribution in [2.75, 3.05) is 0 Å². The Hall–Kier alpha value is -1.74. The highest BCUT2D eigenvalue weighted by molar-refractivity contribution is 9.09. The Balaban J connectivity index is 2.09. The normalized spacial score (nSPS) is 15.8. The molecule has 3 heteroatoms. The molecular weight excluding hydrogens is 353 g/mol. The summed E-state index contributed by atoms with van der Waals surface area (Å²) < 4.78 is 13.4. The lowest BCUT2D eigenvalue weighted by Gasteiger charge is -2.19. The summed E-state index contributed by atoms with van der Waals surface area (Å²) in [5.74, 6) is 0.358. The van der Waals surface area contributed by atoms with Crippen LogP contribution in [-0.2, 0) is 0 Å². The molecule has 1 unspecified atom stereocenters. The van der Waals surface area contributed by atoms with E-state index in [4.69, 9.17) is 4.98 Å². The van der Waals surface area contributed by atoms with E-state index in [0.29, 0.717) is 5.92 Å². The van der Waals surface area contributed by atoms with Crippen LogP contribution in [0.1, 0.15) is 41.8 Å². The maximum absolute atomic E-state index is 13.4. The maximum atomic E-state index is 13.4. The summed E-state index contributed by atoms with van der Waals surface area (Å²) >= 11 is 3.76. The molecule has 0 amide bonds. The van der Waals surface area contributed by atoms with Crippen molar-refractivity contribution in [3.05, 3.63) is 65.6 Å². The molecule has 0 saturated heterocycles. The van der Waals surface area contributed by atoms with E-state index in [1.807, 2.05) is 24.3 Å². The molecule has 0 aliphatic heterocycles. The van der Waals surface area contributed by atoms with Crippen molar-refractivity contribution in [1.82, 2.24) is 4.98 Å². The molecule has 4 rings (SSSR count). The van der Waals surface area contributed by atoms with Gasteiger partial charge in [0.05, 0.1) is 5.52 Å². The molecule has 1 atom stereocenters. The first-order valence-corrected chi connectivity index (χ1v) is 8.89. The van der Waals surface area contributed by atoms with Crippen molar-refractivity contribution < 1.29 is 4.39 Å². The lowest BCUT2D eigenvalue weighted by Crippen LogP contribution is -2.02. The Morgan fingerprint density at radius 2 is 1.78 bits per heavy atom. The van der Waals surface area contributed by atoms with Crippen molar-refractivity contribution in [1.29, 1.82) is 0 Å². The second kappa shape index (κ2) is 5.72. The molecular formula is C20H17BrFN. The van der Waals surface area contributed by atoms with Crippen LogP contribution in [0.25, 0.3) is 22.0 Å². The topological polar surface area (TPSA) is 12.9 Å². The summed E-state index contributed by atoms with van der Waals surface area (Å²) in [6.07, 6.45) is 2.42. The summed E-state index contributed by atoms with van der Waals surface area (Å²) in [6, 6.07) is 15.0. The van der Waals surface area contributed by atoms with Crippen LogP contribution in [0.4, 0.5) is 4.39 Å². The molecule has 0 bridgehead atoms. The van der Waals surface area contributed by atoms with Gasteiger partial charge in [-0.25, -0.2) is 4.39 Å². The minimum atomic E-state index is -0.206. The minimum absolute atomic E-state index is 0.204. The summed E-state index contributed by atoms with van der Waals surface area (Å²) in [6.45, 7) is 2.14. The Morgan fingerprint density at radius 1 is 1.09 bits per heavy atom. The fourth-order valence-corrected chi connectivity index (χ4v) is 3.71. The zero-order valence-electron chi connectivity index (χ0n) is 12.9. The second-order valence-electron chi connectivity index (χ2n) is 6.20. The van der Waals surface area contributed by atoms with Gasteiger partial charge in [0.1, 0.15) is 5.82 Å². The number of rotatable bonds is 3. The summed E-state index contributed by atoms with van der Waals surface area (Å²) in [5.41, 5.74) is 5.70. The highest BCUT2D eigenvalue weighted by Crippen LogP contribution is 2.48. The first kappa shape index (κ1) is 14.8. The number of hydrogen-bond acceptors (Lipinski definition) is 1. The molecule has 116 valence electrons. The standard InChI is InChI=1S/C20H17BrFN/c1-12(21)18-19(13-8-10-15(22)11-9-13)16-4-2-3-5-17(16)23-20(18)14-6-7-14/h2-5,8-12,14H,6-7H2,1H3. The van der Waals surface area contributed by atoms with Crippen LogP contribution >= 0.6 is 15.9 Å². The number of aromatic nitrogens is 1. The van der Waals surface area contributed by atoms with Gasteiger partial charge in [0.15, 0.2) is 0 Å². The van der Waals surface area contributed by atoms with Gasteiger partial charge in [0.25, 0.3) is 0 Å². The van der Waals surface area contributed by atoms with Gasteiger partial charge >= 0.3 is 0 Å². The number of nitrogens with zero attached hydrogens (tertiary/aromatic N) is 1. The molecule has 1 heterocycles. The molecule has 2 aromatic carbocycles. The maximum Gasteiger partial charge on any atom is 0.123 e. The van der Waals surface area contributed by atoms with Crippen LogP contribution in [0.3, 0.4) is 0 Å². The number of pyridine rings is 1. The zero-order chi connectivity index (χ0) is 16.0. The number of fused-ring (bicyclic) bond motifs is 1. The van der Waals surface area contributed by atoms with E-state index in [1.165, 1.54) is 41.8 Å². The van der Waals surface area contributed by atoms with E-state index in [9.17, 15) is 4.39 Å². The Morgan fingerprint density at radius 3 is 2.43 bits per heavy atom. The van der Waals surface area contributed by atoms with Crippen molar-refractivity contribution in [3.8, 4) is 11.1 Å². The van der Waals surface area contributed by atoms with Gasteiger partial charge in [-0.2, -0.15) is 0 Å². The highest BCUT2D eigenvalue weighted by Gasteiger charge is 2.31. The van der Waals surface area contributed by atoms with Gasteiger partial charge in [-0.1, -0.05) is 46.3 Å². The van der Waals surface area contributed by atoms with Gasteiger partial charge in [0, 0.05) is 21.8 Å². The molecule has 23 heavy (non-hydrogen) atoms. The average Bonchev–Trinajstić information content (AvgIpc) is 3.38. The largest absolute Gasteiger partial charge is 0.252 e. The molecule has 1 nitrogen and oxygen atoms in total. The molecule has 1 aromatic heterocycles. The van der Waals surface area contributed by atoms with Gasteiger partial charge < -0.3 is 0 Å². The van der Waals surface area contributed by atoms with Crippen molar-refractivity contribution in [3.63, 3.8) is 0 Å². The summed E-state index contributed by atoms with van der Waals surface area (Å²) in [7, 11) is 0. The third-order valence-corrected chi connectivity index (χ3v) is 4.91. The second-order valence-corrected chi connectivity index (χ2v) is 7.57. The molecule has 0 radical (unpaired) electrons. The lowest BCUT2D eigenvalue weighted by atomic mass is 9.91. The van der Waals surface area contributed by atoms with E-state index in [-0.39, 0.29) is 10.6 Å². The van der Waals surface area contributed by atoms with Crippen molar-refractivity contribution in [2.45, 2.75) is 30.5 Å². The van der Waals surface area contributed by atoms with Crippen LogP contribution < -0.4 is 0 Å². The predicted molar refractivity (Wildman–Crippen MR) is 96.5 cm³/mol. The van der Waals surface area contributed by atoms with Crippen LogP contribution in [0.2, 0.25) is 0 Å². The molecule has 1 aliphatic rings. The number of hydrogen-bond donors (Lipinski definition) is 0. The first-order valence-electron chi connectivity index (χ1n) is 7.97. The first-order chi connectivity index (χ1) is 11.1. The Labute approximate surface area is 143 Å². The van der Waals surface area contributed by atoms with Crippen molar-refractivity contribution in [2.24, 2.45) is 0 Å². The molecule has 1 saturated carbocycles. The van der Waals surface area contributed by atoms with Gasteiger partial charge in [0.2, 0.25) is 0 Å². The number of alkyl halides is 1. The Bertz CT molecular complexity index is 867. The van der Waals surface area contributed by atoms with E-state index < -0.39 is 0 Å². The summed E-state index contributed by atoms with van der Waals surface area (Å²) in [4.78, 5) is 5.16. The molecule has 1 aliphatic carbocycles. The van der Waals surface area contributed by atoms with Crippen LogP contribution in [0.15, 0.2) is 48.5 Å². The zero-order valence-corrected chi connectivity index (χ0v) is 14.5. The Kier molecular flexibility index (Phi) is 3.68. The number of halogens is 2. The van der Waals surface area contributed by atoms with Crippen molar-refractivity contribution >= 4 is 26.8 Å². The lowest BCUT2D eigenvalue weighted by molar-refractivity contribution is 0.628.